The molecule has 0 spiro atoms. The minimum Gasteiger partial charge on any atom is -0.508 e. The molecule has 3 aliphatic rings. The van der Waals surface area contributed by atoms with Gasteiger partial charge in [0.2, 0.25) is 5.78 Å². The Kier molecular flexibility index (Phi) is 10.7. The van der Waals surface area contributed by atoms with Crippen molar-refractivity contribution in [2.45, 2.75) is 98.4 Å². The Balaban J connectivity index is 1.43. The number of hydrogen-bond acceptors (Lipinski definition) is 7. The number of benzene rings is 1. The summed E-state index contributed by atoms with van der Waals surface area (Å²) in [7, 11) is 0. The van der Waals surface area contributed by atoms with Gasteiger partial charge < -0.3 is 15.2 Å². The number of esters is 1. The van der Waals surface area contributed by atoms with Crippen LogP contribution in [0.25, 0.3) is 5.70 Å². The molecule has 2 aliphatic carbocycles. The van der Waals surface area contributed by atoms with Crippen LogP contribution >= 0.6 is 0 Å². The first-order valence-electron chi connectivity index (χ1n) is 16.8. The van der Waals surface area contributed by atoms with E-state index < -0.39 is 11.9 Å². The van der Waals surface area contributed by atoms with Crippen LogP contribution in [0.15, 0.2) is 64.3 Å². The summed E-state index contributed by atoms with van der Waals surface area (Å²) in [6, 6.07) is 4.52. The molecule has 2 heterocycles. The summed E-state index contributed by atoms with van der Waals surface area (Å²) < 4.78 is 7.32. The Morgan fingerprint density at radius 2 is 1.87 bits per heavy atom. The number of amides is 1. The monoisotopic (exact) mass is 638 g/mol. The maximum Gasteiger partial charge on any atom is 0.362 e. The molecule has 1 fully saturated rings. The topological polar surface area (TPSA) is 123 Å². The summed E-state index contributed by atoms with van der Waals surface area (Å²) in [5.74, 6) is -0.631. The molecule has 2 atom stereocenters. The number of aromatic hydroxyl groups is 1. The Labute approximate surface area is 277 Å². The van der Waals surface area contributed by atoms with Crippen LogP contribution in [-0.4, -0.2) is 44.8 Å². The zero-order chi connectivity index (χ0) is 33.7. The number of rotatable bonds is 9. The molecule has 5 rings (SSSR count). The lowest BCUT2D eigenvalue weighted by Gasteiger charge is -2.26. The largest absolute Gasteiger partial charge is 0.508 e. The van der Waals surface area contributed by atoms with Gasteiger partial charge >= 0.3 is 5.97 Å². The van der Waals surface area contributed by atoms with Gasteiger partial charge in [-0.1, -0.05) is 30.7 Å². The maximum absolute atomic E-state index is 13.9. The zero-order valence-corrected chi connectivity index (χ0v) is 28.1. The van der Waals surface area contributed by atoms with Crippen molar-refractivity contribution in [3.63, 3.8) is 0 Å². The van der Waals surface area contributed by atoms with Crippen LogP contribution in [0.5, 0.6) is 11.5 Å². The quantitative estimate of drug-likeness (QED) is 0.217. The number of allylic oxidation sites excluding steroid dienone is 7. The van der Waals surface area contributed by atoms with E-state index in [1.165, 1.54) is 34.0 Å². The second kappa shape index (κ2) is 14.9. The number of aromatic nitrogens is 2. The summed E-state index contributed by atoms with van der Waals surface area (Å²) in [4.78, 5) is 44.9. The summed E-state index contributed by atoms with van der Waals surface area (Å²) >= 11 is 0. The molecule has 248 valence electrons. The lowest BCUT2D eigenvalue weighted by atomic mass is 9.83. The highest BCUT2D eigenvalue weighted by atomic mass is 16.5. The number of ketones is 1. The molecular weight excluding hydrogens is 592 g/mol. The first-order valence-corrected chi connectivity index (χ1v) is 16.8. The number of aliphatic imine (C=N–C) groups is 1. The molecule has 1 aromatic carbocycles. The number of aryl methyl sites for hydroxylation is 2. The molecule has 1 saturated carbocycles. The first-order chi connectivity index (χ1) is 22.5. The van der Waals surface area contributed by atoms with Gasteiger partial charge in [-0.05, 0) is 133 Å². The van der Waals surface area contributed by atoms with Gasteiger partial charge in [-0.25, -0.2) is 9.48 Å². The van der Waals surface area contributed by atoms with Crippen LogP contribution in [0.1, 0.15) is 111 Å². The van der Waals surface area contributed by atoms with Gasteiger partial charge in [0.05, 0.1) is 17.0 Å². The van der Waals surface area contributed by atoms with Gasteiger partial charge in [-0.3, -0.25) is 14.6 Å². The standard InChI is InChI=1S/C38H46N4O5/c1-23(2)26(5)32-17-15-27(24(3)18-19-39-32)14-16-29-21-34(42(41-29)33-12-7-6-8-13-35(33)44)38(46)47-36-25(4)20-30(43)22-31(36)37(45)40-28-10-9-11-28/h8,12-13,17,19-22,24,27-28,43H,6-7,9-11,14-16,18H2,1-5H3,(H,40,45). The van der Waals surface area contributed by atoms with Crippen molar-refractivity contribution in [3.05, 3.63) is 81.9 Å². The zero-order valence-electron chi connectivity index (χ0n) is 28.1. The Morgan fingerprint density at radius 1 is 1.09 bits per heavy atom. The van der Waals surface area contributed by atoms with Gasteiger partial charge in [0, 0.05) is 12.3 Å². The lowest BCUT2D eigenvalue weighted by Crippen LogP contribution is -2.39. The smallest absolute Gasteiger partial charge is 0.362 e. The number of nitrogens with one attached hydrogen (secondary N) is 1. The first kappa shape index (κ1) is 33.8. The average Bonchev–Trinajstić information content (AvgIpc) is 3.31. The maximum atomic E-state index is 13.9. The predicted octanol–water partition coefficient (Wildman–Crippen LogP) is 7.45. The highest BCUT2D eigenvalue weighted by molar-refractivity contribution is 6.21. The number of hydrogen-bond donors (Lipinski definition) is 2. The fraction of sp³-hybridized carbons (Fsp3) is 0.447. The molecule has 47 heavy (non-hydrogen) atoms. The second-order valence-electron chi connectivity index (χ2n) is 13.3. The van der Waals surface area contributed by atoms with Gasteiger partial charge in [-0.2, -0.15) is 5.10 Å². The molecule has 1 aromatic heterocycles. The highest BCUT2D eigenvalue weighted by Gasteiger charge is 2.28. The molecule has 2 N–H and O–H groups in total. The normalized spacial score (nSPS) is 19.9. The molecule has 1 amide bonds. The summed E-state index contributed by atoms with van der Waals surface area (Å²) in [6.45, 7) is 10.2. The third-order valence-electron chi connectivity index (χ3n) is 9.56. The van der Waals surface area contributed by atoms with Crippen LogP contribution in [0.3, 0.4) is 0 Å². The second-order valence-corrected chi connectivity index (χ2v) is 13.3. The van der Waals surface area contributed by atoms with Crippen LogP contribution in [-0.2, 0) is 11.2 Å². The third-order valence-corrected chi connectivity index (χ3v) is 9.56. The van der Waals surface area contributed by atoms with Crippen molar-refractivity contribution in [1.82, 2.24) is 15.1 Å². The molecule has 0 radical (unpaired) electrons. The van der Waals surface area contributed by atoms with Crippen LogP contribution in [0.2, 0.25) is 0 Å². The van der Waals surface area contributed by atoms with E-state index in [-0.39, 0.29) is 34.6 Å². The third kappa shape index (κ3) is 8.07. The molecule has 1 aliphatic heterocycles. The highest BCUT2D eigenvalue weighted by Crippen LogP contribution is 2.32. The molecule has 2 aromatic rings. The van der Waals surface area contributed by atoms with Crippen molar-refractivity contribution in [3.8, 4) is 11.5 Å². The Bertz CT molecular complexity index is 1700. The lowest BCUT2D eigenvalue weighted by molar-refractivity contribution is -0.110. The van der Waals surface area contributed by atoms with E-state index in [4.69, 9.17) is 14.8 Å². The predicted molar refractivity (Wildman–Crippen MR) is 184 cm³/mol. The molecule has 0 saturated heterocycles. The van der Waals surface area contributed by atoms with Gasteiger partial charge in [0.25, 0.3) is 5.91 Å². The Hall–Kier alpha value is -4.53. The summed E-state index contributed by atoms with van der Waals surface area (Å²) in [6.07, 6.45) is 16.7. The van der Waals surface area contributed by atoms with E-state index in [1.807, 2.05) is 12.3 Å². The van der Waals surface area contributed by atoms with E-state index in [9.17, 15) is 19.5 Å². The summed E-state index contributed by atoms with van der Waals surface area (Å²) in [5, 5.41) is 18.0. The van der Waals surface area contributed by atoms with Crippen molar-refractivity contribution >= 4 is 29.6 Å². The molecule has 9 heteroatoms. The van der Waals surface area contributed by atoms with E-state index in [0.717, 1.165) is 44.2 Å². The number of nitrogens with zero attached hydrogens (tertiary/aromatic N) is 3. The Morgan fingerprint density at radius 3 is 2.60 bits per heavy atom. The van der Waals surface area contributed by atoms with E-state index in [1.54, 1.807) is 19.1 Å². The minimum atomic E-state index is -0.738. The van der Waals surface area contributed by atoms with Crippen molar-refractivity contribution < 1.29 is 24.2 Å². The van der Waals surface area contributed by atoms with E-state index >= 15 is 0 Å². The van der Waals surface area contributed by atoms with Gasteiger partial charge in [0.1, 0.15) is 17.2 Å². The molecule has 2 unspecified atom stereocenters. The number of phenols is 1. The SMILES string of the molecule is CC(C)=C(C)C1=CCC(CCc2cc(C(=O)Oc3c(C)cc(O)cc3C(=O)NC3CCC3)n(C3=CCCC=CC3=O)n2)C(C)CC=N1. The van der Waals surface area contributed by atoms with Crippen LogP contribution in [0.4, 0.5) is 0 Å². The molecular formula is C38H46N4O5. The fourth-order valence-electron chi connectivity index (χ4n) is 6.08. The molecule has 9 nitrogen and oxygen atoms in total. The molecule has 0 bridgehead atoms. The minimum absolute atomic E-state index is 0.0603. The number of phenolic OH excluding ortho intramolecular Hbond substituents is 1. The number of carbonyl (C=O) groups excluding carboxylic acids is 3. The van der Waals surface area contributed by atoms with Crippen molar-refractivity contribution in [2.24, 2.45) is 16.8 Å². The number of carbonyl (C=O) groups is 3. The van der Waals surface area contributed by atoms with Crippen LogP contribution < -0.4 is 10.1 Å². The van der Waals surface area contributed by atoms with E-state index in [2.05, 4.69) is 39.1 Å². The summed E-state index contributed by atoms with van der Waals surface area (Å²) in [5.41, 5.74) is 5.06. The fourth-order valence-corrected chi connectivity index (χ4v) is 6.08. The van der Waals surface area contributed by atoms with E-state index in [0.29, 0.717) is 48.1 Å². The van der Waals surface area contributed by atoms with Gasteiger partial charge in [0.15, 0.2) is 5.69 Å². The van der Waals surface area contributed by atoms with Crippen LogP contribution in [0, 0.1) is 18.8 Å². The van der Waals surface area contributed by atoms with Crippen molar-refractivity contribution in [2.75, 3.05) is 0 Å². The number of ether oxygens (including phenoxy) is 1. The average molecular weight is 639 g/mol. The van der Waals surface area contributed by atoms with Gasteiger partial charge in [-0.15, -0.1) is 0 Å². The van der Waals surface area contributed by atoms with Crippen molar-refractivity contribution in [1.29, 1.82) is 0 Å².